The van der Waals surface area contributed by atoms with Crippen molar-refractivity contribution in [2.45, 2.75) is 27.2 Å². The Bertz CT molecular complexity index is 588. The van der Waals surface area contributed by atoms with Gasteiger partial charge < -0.3 is 10.1 Å². The standard InChI is InChI=1S/C15H19N3O2/c1-4-12-5-7-13(8-6-12)20-9-14(19)16-15-10(2)11(3)17-18-15/h5-8H,4,9H2,1-3H3,(H2,16,17,18,19). The van der Waals surface area contributed by atoms with E-state index in [2.05, 4.69) is 22.4 Å². The van der Waals surface area contributed by atoms with Crippen molar-refractivity contribution in [3.8, 4) is 5.75 Å². The van der Waals surface area contributed by atoms with Gasteiger partial charge in [-0.2, -0.15) is 5.10 Å². The Morgan fingerprint density at radius 2 is 2.00 bits per heavy atom. The van der Waals surface area contributed by atoms with E-state index in [4.69, 9.17) is 4.74 Å². The first-order chi connectivity index (χ1) is 9.60. The molecule has 1 aromatic heterocycles. The molecular formula is C15H19N3O2. The van der Waals surface area contributed by atoms with Crippen LogP contribution in [0.4, 0.5) is 5.82 Å². The Morgan fingerprint density at radius 1 is 1.30 bits per heavy atom. The SMILES string of the molecule is CCc1ccc(OCC(=O)Nc2n[nH]c(C)c2C)cc1. The van der Waals surface area contributed by atoms with Gasteiger partial charge in [0.2, 0.25) is 0 Å². The number of ether oxygens (including phenoxy) is 1. The smallest absolute Gasteiger partial charge is 0.263 e. The lowest BCUT2D eigenvalue weighted by Gasteiger charge is -2.07. The summed E-state index contributed by atoms with van der Waals surface area (Å²) in [7, 11) is 0. The van der Waals surface area contributed by atoms with Crippen molar-refractivity contribution >= 4 is 11.7 Å². The topological polar surface area (TPSA) is 67.0 Å². The van der Waals surface area contributed by atoms with Crippen molar-refractivity contribution in [2.24, 2.45) is 0 Å². The van der Waals surface area contributed by atoms with Gasteiger partial charge in [0.25, 0.3) is 5.91 Å². The van der Waals surface area contributed by atoms with E-state index < -0.39 is 0 Å². The van der Waals surface area contributed by atoms with Gasteiger partial charge in [0.05, 0.1) is 0 Å². The van der Waals surface area contributed by atoms with Crippen LogP contribution in [0.25, 0.3) is 0 Å². The first-order valence-electron chi connectivity index (χ1n) is 6.63. The molecule has 0 fully saturated rings. The van der Waals surface area contributed by atoms with Gasteiger partial charge in [0.1, 0.15) is 5.75 Å². The van der Waals surface area contributed by atoms with Crippen LogP contribution in [-0.4, -0.2) is 22.7 Å². The predicted octanol–water partition coefficient (Wildman–Crippen LogP) is 2.61. The highest BCUT2D eigenvalue weighted by atomic mass is 16.5. The Balaban J connectivity index is 1.87. The highest BCUT2D eigenvalue weighted by Crippen LogP contribution is 2.14. The van der Waals surface area contributed by atoms with Crippen LogP contribution in [-0.2, 0) is 11.2 Å². The largest absolute Gasteiger partial charge is 0.484 e. The fraction of sp³-hybridized carbons (Fsp3) is 0.333. The zero-order valence-corrected chi connectivity index (χ0v) is 12.0. The summed E-state index contributed by atoms with van der Waals surface area (Å²) in [4.78, 5) is 11.8. The summed E-state index contributed by atoms with van der Waals surface area (Å²) in [6.45, 7) is 5.87. The number of amides is 1. The lowest BCUT2D eigenvalue weighted by atomic mass is 10.2. The molecule has 1 heterocycles. The molecule has 2 N–H and O–H groups in total. The quantitative estimate of drug-likeness (QED) is 0.880. The van der Waals surface area contributed by atoms with Crippen molar-refractivity contribution < 1.29 is 9.53 Å². The molecule has 0 aliphatic rings. The Labute approximate surface area is 118 Å². The van der Waals surface area contributed by atoms with Crippen LogP contribution in [0.1, 0.15) is 23.7 Å². The zero-order valence-electron chi connectivity index (χ0n) is 12.0. The minimum absolute atomic E-state index is 0.0309. The minimum atomic E-state index is -0.223. The third kappa shape index (κ3) is 3.38. The fourth-order valence-corrected chi connectivity index (χ4v) is 1.75. The maximum atomic E-state index is 11.8. The van der Waals surface area contributed by atoms with Gasteiger partial charge >= 0.3 is 0 Å². The van der Waals surface area contributed by atoms with Crippen molar-refractivity contribution in [2.75, 3.05) is 11.9 Å². The number of aryl methyl sites for hydroxylation is 2. The number of anilines is 1. The number of hydrogen-bond acceptors (Lipinski definition) is 3. The molecule has 5 nitrogen and oxygen atoms in total. The van der Waals surface area contributed by atoms with E-state index >= 15 is 0 Å². The number of carbonyl (C=O) groups is 1. The summed E-state index contributed by atoms with van der Waals surface area (Å²) in [5.74, 6) is 1.02. The molecule has 0 bridgehead atoms. The van der Waals surface area contributed by atoms with Crippen LogP contribution in [0.15, 0.2) is 24.3 Å². The van der Waals surface area contributed by atoms with Gasteiger partial charge in [-0.25, -0.2) is 0 Å². The number of H-pyrrole nitrogens is 1. The summed E-state index contributed by atoms with van der Waals surface area (Å²) in [5, 5.41) is 9.56. The molecule has 2 aromatic rings. The van der Waals surface area contributed by atoms with E-state index in [9.17, 15) is 4.79 Å². The number of aromatic amines is 1. The van der Waals surface area contributed by atoms with E-state index in [1.54, 1.807) is 0 Å². The zero-order chi connectivity index (χ0) is 14.5. The molecule has 0 aliphatic carbocycles. The van der Waals surface area contributed by atoms with E-state index in [1.807, 2.05) is 38.1 Å². The van der Waals surface area contributed by atoms with E-state index in [1.165, 1.54) is 5.56 Å². The molecule has 0 atom stereocenters. The maximum Gasteiger partial charge on any atom is 0.263 e. The summed E-state index contributed by atoms with van der Waals surface area (Å²) in [6.07, 6.45) is 0.985. The molecule has 106 valence electrons. The van der Waals surface area contributed by atoms with Gasteiger partial charge in [-0.05, 0) is 38.0 Å². The van der Waals surface area contributed by atoms with Crippen molar-refractivity contribution in [1.82, 2.24) is 10.2 Å². The fourth-order valence-electron chi connectivity index (χ4n) is 1.75. The number of hydrogen-bond donors (Lipinski definition) is 2. The number of aromatic nitrogens is 2. The summed E-state index contributed by atoms with van der Waals surface area (Å²) >= 11 is 0. The van der Waals surface area contributed by atoms with Crippen molar-refractivity contribution in [1.29, 1.82) is 0 Å². The molecule has 0 aliphatic heterocycles. The normalized spacial score (nSPS) is 10.3. The number of carbonyl (C=O) groups excluding carboxylic acids is 1. The average molecular weight is 273 g/mol. The van der Waals surface area contributed by atoms with E-state index in [-0.39, 0.29) is 12.5 Å². The highest BCUT2D eigenvalue weighted by Gasteiger charge is 2.09. The van der Waals surface area contributed by atoms with Crippen molar-refractivity contribution in [3.05, 3.63) is 41.1 Å². The van der Waals surface area contributed by atoms with Gasteiger partial charge in [-0.3, -0.25) is 9.89 Å². The maximum absolute atomic E-state index is 11.8. The molecule has 0 saturated carbocycles. The third-order valence-electron chi connectivity index (χ3n) is 3.21. The summed E-state index contributed by atoms with van der Waals surface area (Å²) in [5.41, 5.74) is 3.12. The van der Waals surface area contributed by atoms with Gasteiger partial charge in [-0.15, -0.1) is 0 Å². The Hall–Kier alpha value is -2.30. The number of benzene rings is 1. The second-order valence-electron chi connectivity index (χ2n) is 4.66. The van der Waals surface area contributed by atoms with Gasteiger partial charge in [-0.1, -0.05) is 19.1 Å². The Kier molecular flexibility index (Phi) is 4.40. The molecule has 2 rings (SSSR count). The number of rotatable bonds is 5. The minimum Gasteiger partial charge on any atom is -0.484 e. The number of nitrogens with zero attached hydrogens (tertiary/aromatic N) is 1. The second-order valence-corrected chi connectivity index (χ2v) is 4.66. The van der Waals surface area contributed by atoms with Crippen LogP contribution in [0.2, 0.25) is 0 Å². The molecule has 5 heteroatoms. The molecule has 0 spiro atoms. The molecule has 1 amide bonds. The number of nitrogens with one attached hydrogen (secondary N) is 2. The van der Waals surface area contributed by atoms with Gasteiger partial charge in [0.15, 0.2) is 12.4 Å². The molecule has 0 saturated heterocycles. The van der Waals surface area contributed by atoms with E-state index in [0.717, 1.165) is 17.7 Å². The van der Waals surface area contributed by atoms with Crippen LogP contribution in [0.3, 0.4) is 0 Å². The average Bonchev–Trinajstić information content (AvgIpc) is 2.78. The lowest BCUT2D eigenvalue weighted by Crippen LogP contribution is -2.20. The van der Waals surface area contributed by atoms with Crippen LogP contribution < -0.4 is 10.1 Å². The van der Waals surface area contributed by atoms with Crippen molar-refractivity contribution in [3.63, 3.8) is 0 Å². The van der Waals surface area contributed by atoms with Crippen LogP contribution >= 0.6 is 0 Å². The summed E-state index contributed by atoms with van der Waals surface area (Å²) in [6, 6.07) is 7.73. The van der Waals surface area contributed by atoms with Crippen LogP contribution in [0, 0.1) is 13.8 Å². The lowest BCUT2D eigenvalue weighted by molar-refractivity contribution is -0.118. The van der Waals surface area contributed by atoms with E-state index in [0.29, 0.717) is 11.6 Å². The highest BCUT2D eigenvalue weighted by molar-refractivity contribution is 5.91. The van der Waals surface area contributed by atoms with Gasteiger partial charge in [0, 0.05) is 11.3 Å². The second kappa shape index (κ2) is 6.23. The summed E-state index contributed by atoms with van der Waals surface area (Å²) < 4.78 is 5.44. The molecule has 20 heavy (non-hydrogen) atoms. The third-order valence-corrected chi connectivity index (χ3v) is 3.21. The first kappa shape index (κ1) is 14.1. The molecule has 0 radical (unpaired) electrons. The molecular weight excluding hydrogens is 254 g/mol. The van der Waals surface area contributed by atoms with Crippen LogP contribution in [0.5, 0.6) is 5.75 Å². The Morgan fingerprint density at radius 3 is 2.55 bits per heavy atom. The molecule has 1 aromatic carbocycles. The molecule has 0 unspecified atom stereocenters. The predicted molar refractivity (Wildman–Crippen MR) is 78.0 cm³/mol. The monoisotopic (exact) mass is 273 g/mol. The first-order valence-corrected chi connectivity index (χ1v) is 6.63.